The number of aliphatic hydroxyl groups is 4. The molecule has 0 radical (unpaired) electrons. The summed E-state index contributed by atoms with van der Waals surface area (Å²) in [5.74, 6) is -3.24. The molecule has 47 heavy (non-hydrogen) atoms. The number of carbonyl (C=O) groups is 2. The number of esters is 2. The quantitative estimate of drug-likeness (QED) is 0.188. The fourth-order valence-electron chi connectivity index (χ4n) is 5.36. The molecule has 0 unspecified atom stereocenters. The van der Waals surface area contributed by atoms with E-state index in [0.29, 0.717) is 0 Å². The van der Waals surface area contributed by atoms with E-state index in [1.807, 2.05) is 0 Å². The van der Waals surface area contributed by atoms with Crippen LogP contribution in [-0.4, -0.2) is 104 Å². The van der Waals surface area contributed by atoms with Gasteiger partial charge in [0.25, 0.3) is 0 Å². The van der Waals surface area contributed by atoms with E-state index in [1.54, 1.807) is 0 Å². The number of aromatic hydroxyl groups is 2. The predicted molar refractivity (Wildman–Crippen MR) is 156 cm³/mol. The Morgan fingerprint density at radius 1 is 0.745 bits per heavy atom. The molecule has 2 aliphatic heterocycles. The van der Waals surface area contributed by atoms with E-state index < -0.39 is 95.7 Å². The third kappa shape index (κ3) is 6.83. The SMILES string of the molecule is CC(=O)O[C@@H]1[C@@H](OC(C)=O)[C@@H](O)[C@H](Oc2c(-c3ccc(O)cc3)oc3cc(O[C@@H]4O[C@@H](C)[C@H](O)[C@@H](O)[C@H]4O)cc(O)c3c2=O)O[C@H]1C. The maximum Gasteiger partial charge on any atom is 0.303 e. The maximum atomic E-state index is 14.0. The van der Waals surface area contributed by atoms with E-state index in [4.69, 9.17) is 32.8 Å². The molecule has 0 saturated carbocycles. The minimum absolute atomic E-state index is 0.110. The molecular formula is C31H34O16. The van der Waals surface area contributed by atoms with Gasteiger partial charge >= 0.3 is 11.9 Å². The molecule has 254 valence electrons. The summed E-state index contributed by atoms with van der Waals surface area (Å²) in [6.45, 7) is 5.13. The van der Waals surface area contributed by atoms with Crippen LogP contribution in [0.25, 0.3) is 22.3 Å². The van der Waals surface area contributed by atoms with E-state index in [-0.39, 0.29) is 28.4 Å². The maximum absolute atomic E-state index is 14.0. The van der Waals surface area contributed by atoms with Gasteiger partial charge in [0.1, 0.15) is 46.5 Å². The second kappa shape index (κ2) is 13.3. The van der Waals surface area contributed by atoms with Crippen molar-refractivity contribution in [2.75, 3.05) is 0 Å². The van der Waals surface area contributed by atoms with Crippen molar-refractivity contribution in [3.05, 3.63) is 46.6 Å². The van der Waals surface area contributed by atoms with Crippen molar-refractivity contribution in [2.45, 2.75) is 89.1 Å². The Hall–Kier alpha value is -4.45. The van der Waals surface area contributed by atoms with Gasteiger partial charge in [-0.3, -0.25) is 14.4 Å². The number of hydrogen-bond acceptors (Lipinski definition) is 16. The zero-order valence-electron chi connectivity index (χ0n) is 25.5. The molecule has 3 heterocycles. The van der Waals surface area contributed by atoms with Crippen molar-refractivity contribution in [3.8, 4) is 34.3 Å². The van der Waals surface area contributed by atoms with E-state index in [1.165, 1.54) is 44.2 Å². The van der Waals surface area contributed by atoms with Crippen LogP contribution in [0.15, 0.2) is 45.6 Å². The third-order valence-corrected chi connectivity index (χ3v) is 7.69. The van der Waals surface area contributed by atoms with Gasteiger partial charge in [-0.15, -0.1) is 0 Å². The topological polar surface area (TPSA) is 241 Å². The van der Waals surface area contributed by atoms with Crippen molar-refractivity contribution in [1.29, 1.82) is 0 Å². The number of hydrogen-bond donors (Lipinski definition) is 6. The van der Waals surface area contributed by atoms with E-state index in [0.717, 1.165) is 19.9 Å². The van der Waals surface area contributed by atoms with Crippen LogP contribution >= 0.6 is 0 Å². The molecule has 16 heteroatoms. The summed E-state index contributed by atoms with van der Waals surface area (Å²) in [5, 5.41) is 62.0. The molecule has 10 atom stereocenters. The van der Waals surface area contributed by atoms with Gasteiger partial charge in [-0.25, -0.2) is 0 Å². The second-order valence-corrected chi connectivity index (χ2v) is 11.2. The predicted octanol–water partition coefficient (Wildman–Crippen LogP) is 0.425. The highest BCUT2D eigenvalue weighted by molar-refractivity contribution is 5.88. The molecule has 2 aromatic carbocycles. The van der Waals surface area contributed by atoms with Crippen LogP contribution in [0.5, 0.6) is 23.0 Å². The van der Waals surface area contributed by atoms with Crippen LogP contribution in [-0.2, 0) is 28.5 Å². The summed E-state index contributed by atoms with van der Waals surface area (Å²) in [6.07, 6.45) is -14.2. The molecule has 5 rings (SSSR count). The van der Waals surface area contributed by atoms with Gasteiger partial charge in [0.05, 0.1) is 12.2 Å². The van der Waals surface area contributed by atoms with E-state index >= 15 is 0 Å². The van der Waals surface area contributed by atoms with E-state index in [9.17, 15) is 45.0 Å². The molecule has 3 aromatic rings. The molecule has 2 aliphatic rings. The van der Waals surface area contributed by atoms with Crippen LogP contribution in [0.1, 0.15) is 27.7 Å². The van der Waals surface area contributed by atoms with Crippen LogP contribution < -0.4 is 14.9 Å². The highest BCUT2D eigenvalue weighted by Gasteiger charge is 2.49. The Kier molecular flexibility index (Phi) is 9.63. The zero-order chi connectivity index (χ0) is 34.3. The summed E-state index contributed by atoms with van der Waals surface area (Å²) < 4.78 is 39.2. The monoisotopic (exact) mass is 662 g/mol. The van der Waals surface area contributed by atoms with Crippen molar-refractivity contribution >= 4 is 22.9 Å². The number of phenols is 2. The minimum Gasteiger partial charge on any atom is -0.508 e. The van der Waals surface area contributed by atoms with Crippen molar-refractivity contribution in [1.82, 2.24) is 0 Å². The highest BCUT2D eigenvalue weighted by atomic mass is 16.7. The molecule has 0 spiro atoms. The smallest absolute Gasteiger partial charge is 0.303 e. The Balaban J connectivity index is 1.57. The number of ether oxygens (including phenoxy) is 6. The molecule has 0 amide bonds. The number of rotatable bonds is 7. The minimum atomic E-state index is -1.79. The average Bonchev–Trinajstić information content (AvgIpc) is 3.00. The van der Waals surface area contributed by atoms with Gasteiger partial charge in [0.15, 0.2) is 24.1 Å². The lowest BCUT2D eigenvalue weighted by molar-refractivity contribution is -0.276. The highest BCUT2D eigenvalue weighted by Crippen LogP contribution is 2.39. The molecule has 0 bridgehead atoms. The van der Waals surface area contributed by atoms with Crippen molar-refractivity contribution < 1.29 is 73.1 Å². The number of fused-ring (bicyclic) bond motifs is 1. The van der Waals surface area contributed by atoms with Gasteiger partial charge in [0, 0.05) is 31.5 Å². The van der Waals surface area contributed by atoms with Gasteiger partial charge in [0.2, 0.25) is 23.8 Å². The summed E-state index contributed by atoms with van der Waals surface area (Å²) in [6, 6.07) is 7.62. The first-order valence-corrected chi connectivity index (χ1v) is 14.5. The average molecular weight is 663 g/mol. The lowest BCUT2D eigenvalue weighted by Crippen LogP contribution is -2.61. The van der Waals surface area contributed by atoms with Gasteiger partial charge in [-0.1, -0.05) is 0 Å². The van der Waals surface area contributed by atoms with Gasteiger partial charge in [-0.2, -0.15) is 0 Å². The standard InChI is InChI=1S/C31H34O16/c1-11-21(36)23(38)24(39)30(41-11)45-17-9-18(35)20-19(10-17)46-27(15-5-7-16(34)8-6-15)28(22(20)37)47-31-25(40)29(44-14(4)33)26(12(2)42-31)43-13(3)32/h5-12,21,23-26,29-31,34-36,38-40H,1-4H3/t11-,12-,21-,23+,24+,25+,26-,29-,30-,31-/m0/s1. The Labute approximate surface area is 266 Å². The van der Waals surface area contributed by atoms with Crippen LogP contribution in [0, 0.1) is 0 Å². The summed E-state index contributed by atoms with van der Waals surface area (Å²) in [7, 11) is 0. The lowest BCUT2D eigenvalue weighted by Gasteiger charge is -2.41. The zero-order valence-corrected chi connectivity index (χ0v) is 25.5. The molecule has 16 nitrogen and oxygen atoms in total. The van der Waals surface area contributed by atoms with Crippen molar-refractivity contribution in [2.24, 2.45) is 0 Å². The Morgan fingerprint density at radius 3 is 1.98 bits per heavy atom. The lowest BCUT2D eigenvalue weighted by atomic mass is 9.99. The fraction of sp³-hybridized carbons (Fsp3) is 0.452. The molecule has 6 N–H and O–H groups in total. The largest absolute Gasteiger partial charge is 0.508 e. The Morgan fingerprint density at radius 2 is 1.34 bits per heavy atom. The van der Waals surface area contributed by atoms with Crippen LogP contribution in [0.3, 0.4) is 0 Å². The summed E-state index contributed by atoms with van der Waals surface area (Å²) >= 11 is 0. The number of phenolic OH excluding ortho intramolecular Hbond substituents is 2. The molecule has 1 aromatic heterocycles. The number of aliphatic hydroxyl groups excluding tert-OH is 4. The number of carbonyl (C=O) groups excluding carboxylic acids is 2. The normalized spacial score (nSPS) is 30.8. The molecule has 2 fully saturated rings. The van der Waals surface area contributed by atoms with Crippen molar-refractivity contribution in [3.63, 3.8) is 0 Å². The van der Waals surface area contributed by atoms with E-state index in [2.05, 4.69) is 0 Å². The van der Waals surface area contributed by atoms with Crippen LogP contribution in [0.4, 0.5) is 0 Å². The third-order valence-electron chi connectivity index (χ3n) is 7.69. The van der Waals surface area contributed by atoms with Gasteiger partial charge < -0.3 is 63.5 Å². The summed E-state index contributed by atoms with van der Waals surface area (Å²) in [4.78, 5) is 37.5. The molecular weight excluding hydrogens is 628 g/mol. The fourth-order valence-corrected chi connectivity index (χ4v) is 5.36. The summed E-state index contributed by atoms with van der Waals surface area (Å²) in [5.41, 5.74) is -0.966. The van der Waals surface area contributed by atoms with Gasteiger partial charge in [-0.05, 0) is 38.1 Å². The second-order valence-electron chi connectivity index (χ2n) is 11.2. The first-order chi connectivity index (χ1) is 22.2. The van der Waals surface area contributed by atoms with Crippen LogP contribution in [0.2, 0.25) is 0 Å². The first kappa shape index (κ1) is 33.9. The number of benzene rings is 2. The Bertz CT molecular complexity index is 1690. The molecule has 2 saturated heterocycles. The first-order valence-electron chi connectivity index (χ1n) is 14.5. The molecule has 0 aliphatic carbocycles.